The van der Waals surface area contributed by atoms with Crippen LogP contribution in [0, 0.1) is 5.82 Å². The Morgan fingerprint density at radius 2 is 1.66 bits per heavy atom. The summed E-state index contributed by atoms with van der Waals surface area (Å²) in [7, 11) is 0. The van der Waals surface area contributed by atoms with E-state index in [1.165, 1.54) is 33.7 Å². The summed E-state index contributed by atoms with van der Waals surface area (Å²) < 4.78 is 15.4. The number of nitrogens with zero attached hydrogens (tertiary/aromatic N) is 5. The van der Waals surface area contributed by atoms with Gasteiger partial charge in [-0.05, 0) is 53.8 Å². The molecule has 35 heavy (non-hydrogen) atoms. The van der Waals surface area contributed by atoms with Gasteiger partial charge in [0.2, 0.25) is 5.82 Å². The number of hydrogen-bond donors (Lipinski definition) is 0. The molecule has 2 aromatic carbocycles. The fourth-order valence-electron chi connectivity index (χ4n) is 4.08. The van der Waals surface area contributed by atoms with Crippen molar-refractivity contribution in [1.82, 2.24) is 24.6 Å². The first-order chi connectivity index (χ1) is 17.0. The SMILES string of the molecule is CCc1ccc(C(=O)N2CCN(C(=O)c3nc(-c4cccs4)n(-c4cccc(F)c4)n3)CC2)cc1. The van der Waals surface area contributed by atoms with Crippen molar-refractivity contribution >= 4 is 23.2 Å². The van der Waals surface area contributed by atoms with Gasteiger partial charge in [-0.2, -0.15) is 0 Å². The molecule has 0 bridgehead atoms. The van der Waals surface area contributed by atoms with E-state index in [9.17, 15) is 14.0 Å². The number of aromatic nitrogens is 3. The molecule has 9 heteroatoms. The average Bonchev–Trinajstić information content (AvgIpc) is 3.58. The van der Waals surface area contributed by atoms with Gasteiger partial charge in [0.15, 0.2) is 5.82 Å². The van der Waals surface area contributed by atoms with E-state index in [2.05, 4.69) is 17.0 Å². The molecule has 178 valence electrons. The van der Waals surface area contributed by atoms with Gasteiger partial charge in [0.25, 0.3) is 11.8 Å². The van der Waals surface area contributed by atoms with E-state index < -0.39 is 5.82 Å². The maximum absolute atomic E-state index is 13.9. The maximum atomic E-state index is 13.9. The van der Waals surface area contributed by atoms with Gasteiger partial charge in [0, 0.05) is 31.7 Å². The number of benzene rings is 2. The van der Waals surface area contributed by atoms with Crippen molar-refractivity contribution in [2.75, 3.05) is 26.2 Å². The zero-order valence-electron chi connectivity index (χ0n) is 19.2. The molecule has 0 spiro atoms. The highest BCUT2D eigenvalue weighted by Gasteiger charge is 2.29. The number of amides is 2. The molecule has 3 heterocycles. The van der Waals surface area contributed by atoms with E-state index in [4.69, 9.17) is 0 Å². The molecule has 7 nitrogen and oxygen atoms in total. The molecule has 1 saturated heterocycles. The summed E-state index contributed by atoms with van der Waals surface area (Å²) in [5, 5.41) is 6.35. The Kier molecular flexibility index (Phi) is 6.41. The third-order valence-corrected chi connectivity index (χ3v) is 6.92. The average molecular weight is 490 g/mol. The highest BCUT2D eigenvalue weighted by Crippen LogP contribution is 2.26. The van der Waals surface area contributed by atoms with Crippen molar-refractivity contribution in [1.29, 1.82) is 0 Å². The van der Waals surface area contributed by atoms with Gasteiger partial charge >= 0.3 is 0 Å². The van der Waals surface area contributed by atoms with Gasteiger partial charge in [0.1, 0.15) is 5.82 Å². The second-order valence-corrected chi connectivity index (χ2v) is 9.21. The van der Waals surface area contributed by atoms with Gasteiger partial charge in [-0.25, -0.2) is 14.1 Å². The van der Waals surface area contributed by atoms with E-state index in [0.29, 0.717) is 43.3 Å². The van der Waals surface area contributed by atoms with Crippen LogP contribution >= 0.6 is 11.3 Å². The lowest BCUT2D eigenvalue weighted by Gasteiger charge is -2.34. The van der Waals surface area contributed by atoms with Crippen LogP contribution in [0.1, 0.15) is 33.5 Å². The largest absolute Gasteiger partial charge is 0.335 e. The number of aryl methyl sites for hydroxylation is 1. The van der Waals surface area contributed by atoms with Gasteiger partial charge in [-0.1, -0.05) is 31.2 Å². The van der Waals surface area contributed by atoms with Gasteiger partial charge < -0.3 is 9.80 Å². The summed E-state index contributed by atoms with van der Waals surface area (Å²) in [5.41, 5.74) is 2.33. The summed E-state index contributed by atoms with van der Waals surface area (Å²) in [6.07, 6.45) is 0.923. The van der Waals surface area contributed by atoms with E-state index in [-0.39, 0.29) is 17.6 Å². The van der Waals surface area contributed by atoms with Crippen LogP contribution in [0.5, 0.6) is 0 Å². The van der Waals surface area contributed by atoms with Crippen LogP contribution in [0.15, 0.2) is 66.0 Å². The van der Waals surface area contributed by atoms with E-state index >= 15 is 0 Å². The van der Waals surface area contributed by atoms with Crippen LogP contribution < -0.4 is 0 Å². The lowest BCUT2D eigenvalue weighted by atomic mass is 10.1. The normalized spacial score (nSPS) is 13.8. The third kappa shape index (κ3) is 4.72. The predicted molar refractivity (Wildman–Crippen MR) is 132 cm³/mol. The van der Waals surface area contributed by atoms with E-state index in [0.717, 1.165) is 11.3 Å². The van der Waals surface area contributed by atoms with E-state index in [1.54, 1.807) is 21.9 Å². The summed E-state index contributed by atoms with van der Waals surface area (Å²) >= 11 is 1.47. The Hall–Kier alpha value is -3.85. The van der Waals surface area contributed by atoms with Crippen LogP contribution in [0.3, 0.4) is 0 Å². The zero-order chi connectivity index (χ0) is 24.4. The second kappa shape index (κ2) is 9.79. The molecule has 1 aliphatic heterocycles. The van der Waals surface area contributed by atoms with Gasteiger partial charge in [-0.15, -0.1) is 16.4 Å². The van der Waals surface area contributed by atoms with Gasteiger partial charge in [-0.3, -0.25) is 9.59 Å². The van der Waals surface area contributed by atoms with Crippen LogP contribution in [0.4, 0.5) is 4.39 Å². The molecule has 2 amide bonds. The molecule has 5 rings (SSSR count). The summed E-state index contributed by atoms with van der Waals surface area (Å²) in [6, 6.07) is 17.5. The first-order valence-electron chi connectivity index (χ1n) is 11.5. The van der Waals surface area contributed by atoms with Crippen LogP contribution in [-0.4, -0.2) is 62.6 Å². The Bertz CT molecular complexity index is 1340. The standard InChI is InChI=1S/C26H24FN5O2S/c1-2-18-8-10-19(11-9-18)25(33)30-12-14-31(15-13-30)26(34)23-28-24(22-7-4-16-35-22)32(29-23)21-6-3-5-20(27)17-21/h3-11,16-17H,2,12-15H2,1H3. The lowest BCUT2D eigenvalue weighted by molar-refractivity contribution is 0.0529. The minimum atomic E-state index is -0.395. The third-order valence-electron chi connectivity index (χ3n) is 6.06. The molecule has 2 aromatic heterocycles. The number of carbonyl (C=O) groups is 2. The summed E-state index contributed by atoms with van der Waals surface area (Å²) in [6.45, 7) is 3.72. The maximum Gasteiger partial charge on any atom is 0.293 e. The summed E-state index contributed by atoms with van der Waals surface area (Å²) in [4.78, 5) is 34.9. The lowest BCUT2D eigenvalue weighted by Crippen LogP contribution is -2.50. The number of thiophene rings is 1. The monoisotopic (exact) mass is 489 g/mol. The minimum Gasteiger partial charge on any atom is -0.335 e. The first kappa shape index (κ1) is 22.9. The molecule has 4 aromatic rings. The quantitative estimate of drug-likeness (QED) is 0.419. The van der Waals surface area contributed by atoms with Crippen molar-refractivity contribution in [3.63, 3.8) is 0 Å². The molecule has 0 radical (unpaired) electrons. The molecule has 0 aliphatic carbocycles. The Morgan fingerprint density at radius 1 is 0.943 bits per heavy atom. The molecule has 0 unspecified atom stereocenters. The number of piperazine rings is 1. The molecule has 1 fully saturated rings. The molecule has 0 atom stereocenters. The molecular weight excluding hydrogens is 465 g/mol. The first-order valence-corrected chi connectivity index (χ1v) is 12.4. The smallest absolute Gasteiger partial charge is 0.293 e. The molecule has 0 N–H and O–H groups in total. The van der Waals surface area contributed by atoms with Crippen molar-refractivity contribution in [2.24, 2.45) is 0 Å². The van der Waals surface area contributed by atoms with Crippen LogP contribution in [-0.2, 0) is 6.42 Å². The highest BCUT2D eigenvalue weighted by atomic mass is 32.1. The molecule has 1 aliphatic rings. The van der Waals surface area contributed by atoms with Crippen LogP contribution in [0.2, 0.25) is 0 Å². The van der Waals surface area contributed by atoms with E-state index in [1.807, 2.05) is 41.8 Å². The molecular formula is C26H24FN5O2S. The fourth-order valence-corrected chi connectivity index (χ4v) is 4.77. The number of halogens is 1. The summed E-state index contributed by atoms with van der Waals surface area (Å²) in [5.74, 6) is -0.204. The second-order valence-electron chi connectivity index (χ2n) is 8.26. The zero-order valence-corrected chi connectivity index (χ0v) is 20.0. The van der Waals surface area contributed by atoms with Crippen LogP contribution in [0.25, 0.3) is 16.4 Å². The van der Waals surface area contributed by atoms with Crippen molar-refractivity contribution in [3.05, 3.63) is 88.8 Å². The topological polar surface area (TPSA) is 71.3 Å². The van der Waals surface area contributed by atoms with Crippen molar-refractivity contribution in [3.8, 4) is 16.4 Å². The van der Waals surface area contributed by atoms with Gasteiger partial charge in [0.05, 0.1) is 10.6 Å². The molecule has 0 saturated carbocycles. The minimum absolute atomic E-state index is 0.0340. The number of rotatable bonds is 5. The fraction of sp³-hybridized carbons (Fsp3) is 0.231. The highest BCUT2D eigenvalue weighted by molar-refractivity contribution is 7.13. The Morgan fingerprint density at radius 3 is 2.29 bits per heavy atom. The Labute approximate surface area is 206 Å². The Balaban J connectivity index is 1.33. The van der Waals surface area contributed by atoms with Crippen molar-refractivity contribution < 1.29 is 14.0 Å². The number of hydrogen-bond acceptors (Lipinski definition) is 5. The predicted octanol–water partition coefficient (Wildman–Crippen LogP) is 4.30. The van der Waals surface area contributed by atoms with Crippen molar-refractivity contribution in [2.45, 2.75) is 13.3 Å². The number of carbonyl (C=O) groups excluding carboxylic acids is 2.